The first kappa shape index (κ1) is 15.1. The maximum atomic E-state index is 6.12. The minimum Gasteiger partial charge on any atom is -0.494 e. The Labute approximate surface area is 129 Å². The van der Waals surface area contributed by atoms with Gasteiger partial charge >= 0.3 is 0 Å². The summed E-state index contributed by atoms with van der Waals surface area (Å²) in [5.74, 6) is 1.90. The third kappa shape index (κ3) is 4.66. The van der Waals surface area contributed by atoms with Gasteiger partial charge in [0.1, 0.15) is 5.75 Å². The van der Waals surface area contributed by atoms with Gasteiger partial charge in [-0.15, -0.1) is 11.8 Å². The molecule has 2 nitrogen and oxygen atoms in total. The molecule has 20 heavy (non-hydrogen) atoms. The number of nitrogens with two attached hydrogens (primary N) is 1. The van der Waals surface area contributed by atoms with E-state index >= 15 is 0 Å². The van der Waals surface area contributed by atoms with Crippen LogP contribution in [0, 0.1) is 6.92 Å². The fraction of sp³-hybridized carbons (Fsp3) is 0.250. The van der Waals surface area contributed by atoms with Gasteiger partial charge in [0.2, 0.25) is 0 Å². The van der Waals surface area contributed by atoms with Gasteiger partial charge in [0, 0.05) is 16.3 Å². The summed E-state index contributed by atoms with van der Waals surface area (Å²) in [5.41, 5.74) is 7.58. The van der Waals surface area contributed by atoms with Crippen molar-refractivity contribution >= 4 is 29.1 Å². The van der Waals surface area contributed by atoms with Crippen LogP contribution in [-0.4, -0.2) is 12.4 Å². The summed E-state index contributed by atoms with van der Waals surface area (Å²) in [6.07, 6.45) is 0.972. The van der Waals surface area contributed by atoms with E-state index in [4.69, 9.17) is 22.1 Å². The molecule has 106 valence electrons. The van der Waals surface area contributed by atoms with Crippen LogP contribution in [0.15, 0.2) is 47.4 Å². The van der Waals surface area contributed by atoms with Crippen molar-refractivity contribution in [3.05, 3.63) is 53.1 Å². The fourth-order valence-corrected chi connectivity index (χ4v) is 2.97. The molecule has 0 saturated carbocycles. The highest BCUT2D eigenvalue weighted by Crippen LogP contribution is 2.29. The molecule has 2 aromatic rings. The van der Waals surface area contributed by atoms with E-state index in [0.29, 0.717) is 12.3 Å². The second-order valence-electron chi connectivity index (χ2n) is 4.56. The summed E-state index contributed by atoms with van der Waals surface area (Å²) < 4.78 is 5.71. The Hall–Kier alpha value is -1.32. The molecule has 0 bridgehead atoms. The van der Waals surface area contributed by atoms with Gasteiger partial charge in [0.05, 0.1) is 11.6 Å². The van der Waals surface area contributed by atoms with Crippen LogP contribution in [0.4, 0.5) is 5.69 Å². The number of hydrogen-bond acceptors (Lipinski definition) is 3. The molecule has 0 unspecified atom stereocenters. The lowest BCUT2D eigenvalue weighted by Crippen LogP contribution is -1.98. The van der Waals surface area contributed by atoms with Crippen molar-refractivity contribution in [2.75, 3.05) is 18.1 Å². The predicted molar refractivity (Wildman–Crippen MR) is 87.9 cm³/mol. The molecule has 0 amide bonds. The molecule has 0 aliphatic heterocycles. The van der Waals surface area contributed by atoms with Gasteiger partial charge < -0.3 is 10.5 Å². The molecule has 2 N–H and O–H groups in total. The molecule has 0 spiro atoms. The van der Waals surface area contributed by atoms with Crippen LogP contribution >= 0.6 is 23.4 Å². The third-order valence-corrected chi connectivity index (χ3v) is 4.35. The van der Waals surface area contributed by atoms with E-state index in [1.54, 1.807) is 17.8 Å². The number of nitrogen functional groups attached to an aromatic ring is 1. The first-order valence-electron chi connectivity index (χ1n) is 6.52. The number of benzene rings is 2. The predicted octanol–water partition coefficient (Wildman–Crippen LogP) is 4.79. The van der Waals surface area contributed by atoms with E-state index in [1.807, 2.05) is 30.3 Å². The minimum atomic E-state index is 0.696. The normalized spacial score (nSPS) is 10.5. The number of rotatable bonds is 6. The van der Waals surface area contributed by atoms with Crippen LogP contribution in [0.5, 0.6) is 5.75 Å². The van der Waals surface area contributed by atoms with E-state index in [2.05, 4.69) is 13.0 Å². The molecule has 2 rings (SSSR count). The number of halogens is 1. The summed E-state index contributed by atoms with van der Waals surface area (Å²) >= 11 is 7.85. The SMILES string of the molecule is Cc1cccc(OCCCSc2ccc(N)cc2Cl)c1. The van der Waals surface area contributed by atoms with E-state index in [-0.39, 0.29) is 0 Å². The van der Waals surface area contributed by atoms with Crippen LogP contribution in [-0.2, 0) is 0 Å². The van der Waals surface area contributed by atoms with Crippen molar-refractivity contribution in [3.63, 3.8) is 0 Å². The van der Waals surface area contributed by atoms with Crippen molar-refractivity contribution in [1.82, 2.24) is 0 Å². The van der Waals surface area contributed by atoms with E-state index < -0.39 is 0 Å². The lowest BCUT2D eigenvalue weighted by molar-refractivity contribution is 0.318. The summed E-state index contributed by atoms with van der Waals surface area (Å²) in [6.45, 7) is 2.77. The first-order valence-corrected chi connectivity index (χ1v) is 7.89. The molecule has 0 aromatic heterocycles. The molecule has 0 aliphatic carbocycles. The summed E-state index contributed by atoms with van der Waals surface area (Å²) in [5, 5.41) is 0.717. The third-order valence-electron chi connectivity index (χ3n) is 2.76. The Bertz CT molecular complexity index is 574. The fourth-order valence-electron chi connectivity index (χ4n) is 1.77. The van der Waals surface area contributed by atoms with Gasteiger partial charge in [-0.05, 0) is 49.2 Å². The van der Waals surface area contributed by atoms with E-state index in [0.717, 1.165) is 27.8 Å². The highest BCUT2D eigenvalue weighted by atomic mass is 35.5. The van der Waals surface area contributed by atoms with Crippen LogP contribution in [0.1, 0.15) is 12.0 Å². The topological polar surface area (TPSA) is 35.2 Å². The van der Waals surface area contributed by atoms with Crippen LogP contribution in [0.2, 0.25) is 5.02 Å². The van der Waals surface area contributed by atoms with Crippen molar-refractivity contribution in [1.29, 1.82) is 0 Å². The monoisotopic (exact) mass is 307 g/mol. The largest absolute Gasteiger partial charge is 0.494 e. The molecule has 0 heterocycles. The Balaban J connectivity index is 1.71. The van der Waals surface area contributed by atoms with Gasteiger partial charge in [0.25, 0.3) is 0 Å². The first-order chi connectivity index (χ1) is 9.65. The van der Waals surface area contributed by atoms with Crippen LogP contribution < -0.4 is 10.5 Å². The van der Waals surface area contributed by atoms with Gasteiger partial charge in [-0.25, -0.2) is 0 Å². The molecule has 0 fully saturated rings. The van der Waals surface area contributed by atoms with Crippen molar-refractivity contribution in [2.24, 2.45) is 0 Å². The molecule has 0 atom stereocenters. The zero-order valence-electron chi connectivity index (χ0n) is 11.4. The molecular formula is C16H18ClNOS. The highest BCUT2D eigenvalue weighted by molar-refractivity contribution is 7.99. The number of thioether (sulfide) groups is 1. The summed E-state index contributed by atoms with van der Waals surface area (Å²) in [7, 11) is 0. The molecular weight excluding hydrogens is 290 g/mol. The second kappa shape index (κ2) is 7.46. The minimum absolute atomic E-state index is 0.696. The molecule has 2 aromatic carbocycles. The van der Waals surface area contributed by atoms with E-state index in [1.165, 1.54) is 5.56 Å². The van der Waals surface area contributed by atoms with Crippen molar-refractivity contribution in [3.8, 4) is 5.75 Å². The lowest BCUT2D eigenvalue weighted by Gasteiger charge is -2.07. The average molecular weight is 308 g/mol. The number of hydrogen-bond donors (Lipinski definition) is 1. The quantitative estimate of drug-likeness (QED) is 0.473. The number of ether oxygens (including phenoxy) is 1. The zero-order chi connectivity index (χ0) is 14.4. The Morgan fingerprint density at radius 2 is 2.05 bits per heavy atom. The standard InChI is InChI=1S/C16H18ClNOS/c1-12-4-2-5-14(10-12)19-8-3-9-20-16-7-6-13(18)11-15(16)17/h2,4-7,10-11H,3,8-9,18H2,1H3. The zero-order valence-corrected chi connectivity index (χ0v) is 13.0. The van der Waals surface area contributed by atoms with Gasteiger partial charge in [-0.3, -0.25) is 0 Å². The molecule has 0 aliphatic rings. The summed E-state index contributed by atoms with van der Waals surface area (Å²) in [6, 6.07) is 13.7. The Kier molecular flexibility index (Phi) is 5.62. The van der Waals surface area contributed by atoms with Crippen molar-refractivity contribution < 1.29 is 4.74 Å². The Morgan fingerprint density at radius 3 is 2.80 bits per heavy atom. The van der Waals surface area contributed by atoms with Gasteiger partial charge in [-0.1, -0.05) is 23.7 Å². The van der Waals surface area contributed by atoms with Crippen LogP contribution in [0.3, 0.4) is 0 Å². The maximum Gasteiger partial charge on any atom is 0.119 e. The Morgan fingerprint density at radius 1 is 1.20 bits per heavy atom. The smallest absolute Gasteiger partial charge is 0.119 e. The lowest BCUT2D eigenvalue weighted by atomic mass is 10.2. The number of anilines is 1. The summed E-state index contributed by atoms with van der Waals surface area (Å²) in [4.78, 5) is 1.07. The maximum absolute atomic E-state index is 6.12. The van der Waals surface area contributed by atoms with Crippen LogP contribution in [0.25, 0.3) is 0 Å². The molecule has 0 radical (unpaired) electrons. The molecule has 4 heteroatoms. The highest BCUT2D eigenvalue weighted by Gasteiger charge is 2.01. The second-order valence-corrected chi connectivity index (χ2v) is 6.10. The number of aryl methyl sites for hydroxylation is 1. The molecule has 0 saturated heterocycles. The average Bonchev–Trinajstić information content (AvgIpc) is 2.41. The van der Waals surface area contributed by atoms with Gasteiger partial charge in [-0.2, -0.15) is 0 Å². The van der Waals surface area contributed by atoms with Gasteiger partial charge in [0.15, 0.2) is 0 Å². The van der Waals surface area contributed by atoms with E-state index in [9.17, 15) is 0 Å². The van der Waals surface area contributed by atoms with Crippen molar-refractivity contribution in [2.45, 2.75) is 18.2 Å².